The van der Waals surface area contributed by atoms with Gasteiger partial charge in [0.1, 0.15) is 18.2 Å². The lowest BCUT2D eigenvalue weighted by atomic mass is 10.1. The second-order valence-corrected chi connectivity index (χ2v) is 8.85. The number of carbonyl (C=O) groups excluding carboxylic acids is 1. The molecule has 5 heterocycles. The summed E-state index contributed by atoms with van der Waals surface area (Å²) >= 11 is 0. The van der Waals surface area contributed by atoms with E-state index in [-0.39, 0.29) is 17.8 Å². The third-order valence-electron chi connectivity index (χ3n) is 6.38. The standard InChI is InChI=1S/C28H26FN7O2.C2H6/c1-3-4-13-23-32-25(26(35(23)2)21-11-5-6-14-30-21)28(37)36-15-8-10-20(36)16-24-33-27(34-38-24)22-12-7-9-19(17-29)18-31-22;1-2/h3-6,9,11-14,18,20H,1,8,10,15-17H2,2H3;1-2H3/b13-4-;/t20-;/m0./s1. The Hall–Kier alpha value is -4.69. The molecule has 1 amide bonds. The highest BCUT2D eigenvalue weighted by Crippen LogP contribution is 2.28. The van der Waals surface area contributed by atoms with Crippen LogP contribution in [0, 0.1) is 0 Å². The van der Waals surface area contributed by atoms with E-state index >= 15 is 0 Å². The third kappa shape index (κ3) is 6.13. The van der Waals surface area contributed by atoms with Gasteiger partial charge in [0.25, 0.3) is 5.91 Å². The Morgan fingerprint density at radius 1 is 1.27 bits per heavy atom. The number of hydrogen-bond acceptors (Lipinski definition) is 7. The minimum absolute atomic E-state index is 0.133. The van der Waals surface area contributed by atoms with Crippen LogP contribution in [0.3, 0.4) is 0 Å². The van der Waals surface area contributed by atoms with E-state index in [1.54, 1.807) is 24.4 Å². The van der Waals surface area contributed by atoms with E-state index in [0.29, 0.717) is 53.0 Å². The molecule has 3 aromatic heterocycles. The molecule has 9 nitrogen and oxygen atoms in total. The molecule has 5 rings (SSSR count). The molecule has 1 saturated heterocycles. The Balaban J connectivity index is 0.00000181. The quantitative estimate of drug-likeness (QED) is 0.283. The number of hydrogen-bond donors (Lipinski definition) is 0. The Morgan fingerprint density at radius 2 is 2.12 bits per heavy atom. The fourth-order valence-electron chi connectivity index (χ4n) is 4.51. The second kappa shape index (κ2) is 13.4. The van der Waals surface area contributed by atoms with Gasteiger partial charge in [-0.15, -0.1) is 5.73 Å². The monoisotopic (exact) mass is 541 g/mol. The average Bonchev–Trinajstić information content (AvgIpc) is 3.68. The van der Waals surface area contributed by atoms with E-state index in [9.17, 15) is 9.18 Å². The number of allylic oxidation sites excluding steroid dienone is 4. The number of aliphatic imine (C=N–C) groups is 1. The predicted molar refractivity (Wildman–Crippen MR) is 152 cm³/mol. The number of nitrogens with zero attached hydrogens (tertiary/aromatic N) is 7. The molecule has 0 aromatic carbocycles. The van der Waals surface area contributed by atoms with Crippen molar-refractivity contribution in [1.82, 2.24) is 29.6 Å². The molecule has 1 fully saturated rings. The van der Waals surface area contributed by atoms with Crippen molar-refractivity contribution < 1.29 is 13.7 Å². The van der Waals surface area contributed by atoms with Crippen LogP contribution < -0.4 is 0 Å². The van der Waals surface area contributed by atoms with Gasteiger partial charge in [-0.05, 0) is 37.1 Å². The van der Waals surface area contributed by atoms with E-state index in [1.807, 2.05) is 54.6 Å². The Bertz CT molecular complexity index is 1510. The molecular formula is C30H32FN7O2. The van der Waals surface area contributed by atoms with Crippen LogP contribution in [0.25, 0.3) is 17.5 Å². The molecule has 40 heavy (non-hydrogen) atoms. The van der Waals surface area contributed by atoms with Crippen LogP contribution in [0.2, 0.25) is 0 Å². The Kier molecular flexibility index (Phi) is 9.48. The molecule has 0 spiro atoms. The minimum Gasteiger partial charge on any atom is -0.339 e. The summed E-state index contributed by atoms with van der Waals surface area (Å²) < 4.78 is 20.3. The van der Waals surface area contributed by atoms with Crippen LogP contribution in [0.15, 0.2) is 82.3 Å². The smallest absolute Gasteiger partial charge is 0.275 e. The number of imidazole rings is 1. The van der Waals surface area contributed by atoms with Crippen molar-refractivity contribution >= 4 is 17.7 Å². The van der Waals surface area contributed by atoms with Crippen LogP contribution in [-0.4, -0.2) is 60.5 Å². The number of carbonyl (C=O) groups is 1. The summed E-state index contributed by atoms with van der Waals surface area (Å²) in [5, 5.41) is 4.03. The van der Waals surface area contributed by atoms with E-state index in [0.717, 1.165) is 12.8 Å². The molecule has 2 aliphatic heterocycles. The van der Waals surface area contributed by atoms with Crippen molar-refractivity contribution in [1.29, 1.82) is 0 Å². The van der Waals surface area contributed by atoms with Crippen LogP contribution >= 0.6 is 0 Å². The topological polar surface area (TPSA) is 102 Å². The highest BCUT2D eigenvalue weighted by atomic mass is 19.1. The second-order valence-electron chi connectivity index (χ2n) is 8.85. The molecule has 0 unspecified atom stereocenters. The van der Waals surface area contributed by atoms with Crippen molar-refractivity contribution in [2.24, 2.45) is 12.0 Å². The summed E-state index contributed by atoms with van der Waals surface area (Å²) in [4.78, 5) is 33.5. The lowest BCUT2D eigenvalue weighted by Gasteiger charge is -2.23. The molecule has 1 atom stereocenters. The fraction of sp³-hybridized carbons (Fsp3) is 0.300. The highest BCUT2D eigenvalue weighted by Gasteiger charge is 2.34. The molecule has 206 valence electrons. The van der Waals surface area contributed by atoms with Crippen molar-refractivity contribution in [2.75, 3.05) is 13.2 Å². The SMILES string of the molecule is C=C/C=C\c1nc(C(=O)N2CCC[C@H]2Cc2nc(C3=NC=C(CF)C=C=C3)no2)c(-c2ccccn2)n1C.CC. The molecule has 3 aromatic rings. The summed E-state index contributed by atoms with van der Waals surface area (Å²) in [5.74, 6) is 1.13. The lowest BCUT2D eigenvalue weighted by molar-refractivity contribution is 0.0726. The molecule has 0 saturated carbocycles. The van der Waals surface area contributed by atoms with E-state index in [1.165, 1.54) is 12.3 Å². The zero-order chi connectivity index (χ0) is 28.5. The maximum atomic E-state index is 13.9. The molecular weight excluding hydrogens is 509 g/mol. The Labute approximate surface area is 232 Å². The normalized spacial score (nSPS) is 16.4. The van der Waals surface area contributed by atoms with Gasteiger partial charge < -0.3 is 14.0 Å². The van der Waals surface area contributed by atoms with Crippen LogP contribution in [0.4, 0.5) is 4.39 Å². The van der Waals surface area contributed by atoms with Gasteiger partial charge in [0, 0.05) is 50.1 Å². The fourth-order valence-corrected chi connectivity index (χ4v) is 4.51. The van der Waals surface area contributed by atoms with Crippen LogP contribution in [-0.2, 0) is 13.5 Å². The third-order valence-corrected chi connectivity index (χ3v) is 6.38. The number of likely N-dealkylation sites (tertiary alicyclic amines) is 1. The first kappa shape index (κ1) is 28.3. The number of alkyl halides is 1. The summed E-state index contributed by atoms with van der Waals surface area (Å²) in [6, 6.07) is 5.44. The van der Waals surface area contributed by atoms with Gasteiger partial charge in [-0.1, -0.05) is 43.8 Å². The number of rotatable bonds is 8. The minimum atomic E-state index is -0.634. The van der Waals surface area contributed by atoms with Gasteiger partial charge in [0.2, 0.25) is 11.7 Å². The number of pyridine rings is 1. The maximum absolute atomic E-state index is 13.9. The van der Waals surface area contributed by atoms with Gasteiger partial charge in [-0.3, -0.25) is 14.8 Å². The van der Waals surface area contributed by atoms with Gasteiger partial charge in [0.05, 0.1) is 11.4 Å². The molecule has 0 N–H and O–H groups in total. The highest BCUT2D eigenvalue weighted by molar-refractivity contribution is 6.06. The summed E-state index contributed by atoms with van der Waals surface area (Å²) in [6.45, 7) is 7.68. The maximum Gasteiger partial charge on any atom is 0.275 e. The molecule has 0 radical (unpaired) electrons. The van der Waals surface area contributed by atoms with Crippen molar-refractivity contribution in [2.45, 2.75) is 39.2 Å². The van der Waals surface area contributed by atoms with Crippen LogP contribution in [0.5, 0.6) is 0 Å². The zero-order valence-electron chi connectivity index (χ0n) is 22.9. The van der Waals surface area contributed by atoms with Crippen LogP contribution in [0.1, 0.15) is 54.7 Å². The van der Waals surface area contributed by atoms with Gasteiger partial charge in [-0.25, -0.2) is 9.37 Å². The number of amides is 1. The largest absolute Gasteiger partial charge is 0.339 e. The first-order valence-corrected chi connectivity index (χ1v) is 13.3. The van der Waals surface area contributed by atoms with Gasteiger partial charge in [0.15, 0.2) is 5.69 Å². The van der Waals surface area contributed by atoms with Gasteiger partial charge in [-0.2, -0.15) is 4.98 Å². The van der Waals surface area contributed by atoms with Crippen molar-refractivity contribution in [3.05, 3.63) is 96.0 Å². The number of aromatic nitrogens is 5. The lowest BCUT2D eigenvalue weighted by Crippen LogP contribution is -2.37. The Morgan fingerprint density at radius 3 is 2.88 bits per heavy atom. The molecule has 10 heteroatoms. The molecule has 2 aliphatic rings. The molecule has 0 bridgehead atoms. The first-order chi connectivity index (χ1) is 19.6. The van der Waals surface area contributed by atoms with Crippen molar-refractivity contribution in [3.8, 4) is 11.4 Å². The summed E-state index contributed by atoms with van der Waals surface area (Å²) in [5.41, 5.74) is 5.35. The van der Waals surface area contributed by atoms with E-state index in [4.69, 9.17) is 4.52 Å². The van der Waals surface area contributed by atoms with Gasteiger partial charge >= 0.3 is 0 Å². The van der Waals surface area contributed by atoms with E-state index in [2.05, 4.69) is 37.4 Å². The van der Waals surface area contributed by atoms with Crippen molar-refractivity contribution in [3.63, 3.8) is 0 Å². The zero-order valence-corrected chi connectivity index (χ0v) is 22.9. The first-order valence-electron chi connectivity index (χ1n) is 13.3. The molecule has 0 aliphatic carbocycles. The van der Waals surface area contributed by atoms with E-state index < -0.39 is 6.67 Å². The average molecular weight is 542 g/mol. The summed E-state index contributed by atoms with van der Waals surface area (Å²) in [6.07, 6.45) is 13.5. The number of halogens is 1. The summed E-state index contributed by atoms with van der Waals surface area (Å²) in [7, 11) is 1.86. The predicted octanol–water partition coefficient (Wildman–Crippen LogP) is 5.31.